The lowest BCUT2D eigenvalue weighted by atomic mass is 9.43. The lowest BCUT2D eigenvalue weighted by molar-refractivity contribution is -0.199. The Balaban J connectivity index is 1.95. The van der Waals surface area contributed by atoms with Gasteiger partial charge in [0.15, 0.2) is 0 Å². The van der Waals surface area contributed by atoms with Crippen molar-refractivity contribution >= 4 is 7.12 Å². The zero-order valence-electron chi connectivity index (χ0n) is 9.54. The van der Waals surface area contributed by atoms with Crippen LogP contribution in [0.3, 0.4) is 0 Å². The molecule has 3 saturated carbocycles. The van der Waals surface area contributed by atoms with E-state index >= 15 is 0 Å². The summed E-state index contributed by atoms with van der Waals surface area (Å²) in [7, 11) is 0.000139. The van der Waals surface area contributed by atoms with E-state index in [1.165, 1.54) is 12.8 Å². The van der Waals surface area contributed by atoms with Crippen molar-refractivity contribution in [2.24, 2.45) is 17.3 Å². The van der Waals surface area contributed by atoms with Crippen LogP contribution in [0.1, 0.15) is 33.6 Å². The van der Waals surface area contributed by atoms with E-state index in [1.807, 2.05) is 6.82 Å². The van der Waals surface area contributed by atoms with E-state index in [1.54, 1.807) is 0 Å². The van der Waals surface area contributed by atoms with Gasteiger partial charge in [-0.2, -0.15) is 0 Å². The molecule has 2 nitrogen and oxygen atoms in total. The van der Waals surface area contributed by atoms with E-state index in [0.717, 1.165) is 5.92 Å². The predicted molar refractivity (Wildman–Crippen MR) is 56.0 cm³/mol. The van der Waals surface area contributed by atoms with Crippen molar-refractivity contribution in [2.75, 3.05) is 0 Å². The second kappa shape index (κ2) is 2.38. The van der Waals surface area contributed by atoms with Crippen LogP contribution in [-0.4, -0.2) is 18.8 Å². The maximum Gasteiger partial charge on any atom is 0.454 e. The monoisotopic (exact) mass is 194 g/mol. The molecule has 4 aliphatic rings. The highest BCUT2D eigenvalue weighted by molar-refractivity contribution is 6.43. The van der Waals surface area contributed by atoms with Crippen molar-refractivity contribution in [3.63, 3.8) is 0 Å². The Morgan fingerprint density at radius 3 is 2.57 bits per heavy atom. The maximum absolute atomic E-state index is 6.02. The summed E-state index contributed by atoms with van der Waals surface area (Å²) in [5.41, 5.74) is 0.469. The molecule has 3 aliphatic carbocycles. The second-order valence-electron chi connectivity index (χ2n) is 6.04. The summed E-state index contributed by atoms with van der Waals surface area (Å²) in [6.07, 6.45) is 2.90. The molecule has 0 amide bonds. The molecule has 3 heteroatoms. The summed E-state index contributed by atoms with van der Waals surface area (Å²) in [6, 6.07) is 0. The minimum absolute atomic E-state index is 0.000139. The van der Waals surface area contributed by atoms with Gasteiger partial charge < -0.3 is 9.31 Å². The third-order valence-electron chi connectivity index (χ3n) is 5.08. The van der Waals surface area contributed by atoms with Crippen LogP contribution in [0.4, 0.5) is 0 Å². The van der Waals surface area contributed by atoms with Gasteiger partial charge in [0.25, 0.3) is 0 Å². The van der Waals surface area contributed by atoms with Gasteiger partial charge in [-0.25, -0.2) is 0 Å². The molecule has 4 rings (SSSR count). The molecule has 1 heterocycles. The van der Waals surface area contributed by atoms with Gasteiger partial charge in [0.1, 0.15) is 0 Å². The molecule has 78 valence electrons. The molecule has 2 unspecified atom stereocenters. The topological polar surface area (TPSA) is 18.5 Å². The average molecular weight is 194 g/mol. The Kier molecular flexibility index (Phi) is 1.57. The van der Waals surface area contributed by atoms with E-state index in [4.69, 9.17) is 9.31 Å². The molecule has 0 spiro atoms. The minimum Gasteiger partial charge on any atom is -0.406 e. The highest BCUT2D eigenvalue weighted by Gasteiger charge is 2.67. The van der Waals surface area contributed by atoms with Gasteiger partial charge in [0, 0.05) is 0 Å². The van der Waals surface area contributed by atoms with Gasteiger partial charge in [-0.1, -0.05) is 13.8 Å². The smallest absolute Gasteiger partial charge is 0.406 e. The Bertz CT molecular complexity index is 278. The number of rotatable bonds is 0. The van der Waals surface area contributed by atoms with Crippen LogP contribution in [-0.2, 0) is 9.31 Å². The summed E-state index contributed by atoms with van der Waals surface area (Å²) in [6.45, 7) is 9.05. The predicted octanol–water partition coefficient (Wildman–Crippen LogP) is 2.34. The molecule has 14 heavy (non-hydrogen) atoms. The van der Waals surface area contributed by atoms with Gasteiger partial charge in [0.2, 0.25) is 0 Å². The maximum atomic E-state index is 6.02. The third kappa shape index (κ3) is 0.861. The van der Waals surface area contributed by atoms with Crippen LogP contribution < -0.4 is 0 Å². The first-order valence-electron chi connectivity index (χ1n) is 5.78. The number of hydrogen-bond acceptors (Lipinski definition) is 2. The standard InChI is InChI=1S/C11H19BO2/c1-10(2)7-5-8(10)11(3)9(6-7)13-12(4)14-11/h7-9H,5-6H2,1-4H3/t7?,8?,9-,11+/m0/s1. The summed E-state index contributed by atoms with van der Waals surface area (Å²) >= 11 is 0. The third-order valence-corrected chi connectivity index (χ3v) is 5.08. The van der Waals surface area contributed by atoms with Crippen LogP contribution in [0, 0.1) is 17.3 Å². The fraction of sp³-hybridized carbons (Fsp3) is 1.00. The van der Waals surface area contributed by atoms with E-state index in [9.17, 15) is 0 Å². The van der Waals surface area contributed by atoms with E-state index in [2.05, 4.69) is 20.8 Å². The minimum atomic E-state index is -0.00231. The largest absolute Gasteiger partial charge is 0.454 e. The molecular weight excluding hydrogens is 175 g/mol. The summed E-state index contributed by atoms with van der Waals surface area (Å²) < 4.78 is 11.9. The summed E-state index contributed by atoms with van der Waals surface area (Å²) in [4.78, 5) is 0. The van der Waals surface area contributed by atoms with E-state index < -0.39 is 0 Å². The molecule has 1 aliphatic heterocycles. The average Bonchev–Trinajstić information content (AvgIpc) is 2.37. The van der Waals surface area contributed by atoms with Crippen LogP contribution in [0.5, 0.6) is 0 Å². The highest BCUT2D eigenvalue weighted by Crippen LogP contribution is 2.65. The molecule has 0 aromatic rings. The van der Waals surface area contributed by atoms with Crippen molar-refractivity contribution in [1.29, 1.82) is 0 Å². The van der Waals surface area contributed by atoms with Crippen molar-refractivity contribution in [3.8, 4) is 0 Å². The quantitative estimate of drug-likeness (QED) is 0.551. The molecule has 0 aromatic heterocycles. The Morgan fingerprint density at radius 2 is 1.93 bits per heavy atom. The second-order valence-corrected chi connectivity index (χ2v) is 6.04. The van der Waals surface area contributed by atoms with Crippen molar-refractivity contribution < 1.29 is 9.31 Å². The molecule has 0 aromatic carbocycles. The van der Waals surface area contributed by atoms with E-state index in [-0.39, 0.29) is 12.7 Å². The lowest BCUT2D eigenvalue weighted by Crippen LogP contribution is -2.65. The first kappa shape index (κ1) is 9.23. The summed E-state index contributed by atoms with van der Waals surface area (Å²) in [5, 5.41) is 0. The van der Waals surface area contributed by atoms with Gasteiger partial charge in [0.05, 0.1) is 11.7 Å². The van der Waals surface area contributed by atoms with Crippen LogP contribution in [0.25, 0.3) is 0 Å². The van der Waals surface area contributed by atoms with Gasteiger partial charge in [-0.05, 0) is 43.8 Å². The molecule has 1 saturated heterocycles. The molecule has 0 N–H and O–H groups in total. The van der Waals surface area contributed by atoms with Crippen molar-refractivity contribution in [2.45, 2.75) is 52.1 Å². The lowest BCUT2D eigenvalue weighted by Gasteiger charge is -2.64. The highest BCUT2D eigenvalue weighted by atomic mass is 16.7. The van der Waals surface area contributed by atoms with Gasteiger partial charge >= 0.3 is 7.12 Å². The van der Waals surface area contributed by atoms with Crippen LogP contribution in [0.2, 0.25) is 6.82 Å². The van der Waals surface area contributed by atoms with E-state index in [0.29, 0.717) is 17.4 Å². The van der Waals surface area contributed by atoms with Crippen LogP contribution in [0.15, 0.2) is 0 Å². The number of hydrogen-bond donors (Lipinski definition) is 0. The molecular formula is C11H19BO2. The van der Waals surface area contributed by atoms with Crippen molar-refractivity contribution in [1.82, 2.24) is 0 Å². The zero-order valence-corrected chi connectivity index (χ0v) is 9.54. The fourth-order valence-corrected chi connectivity index (χ4v) is 4.07. The Morgan fingerprint density at radius 1 is 1.21 bits per heavy atom. The van der Waals surface area contributed by atoms with Gasteiger partial charge in [-0.3, -0.25) is 0 Å². The fourth-order valence-electron chi connectivity index (χ4n) is 4.07. The normalized spacial score (nSPS) is 54.0. The first-order chi connectivity index (χ1) is 6.44. The Hall–Kier alpha value is -0.0151. The molecule has 2 bridgehead atoms. The first-order valence-corrected chi connectivity index (χ1v) is 5.78. The summed E-state index contributed by atoms with van der Waals surface area (Å²) in [5.74, 6) is 1.56. The van der Waals surface area contributed by atoms with Crippen molar-refractivity contribution in [3.05, 3.63) is 0 Å². The molecule has 0 radical (unpaired) electrons. The molecule has 4 fully saturated rings. The Labute approximate surface area is 86.5 Å². The molecule has 4 atom stereocenters. The zero-order chi connectivity index (χ0) is 10.1. The van der Waals surface area contributed by atoms with Crippen LogP contribution >= 0.6 is 0 Å². The SMILES string of the molecule is CB1O[C@H]2CC3CC(C3(C)C)[C@@]2(C)O1. The van der Waals surface area contributed by atoms with Gasteiger partial charge in [-0.15, -0.1) is 0 Å².